The number of ether oxygens (including phenoxy) is 1. The van der Waals surface area contributed by atoms with Gasteiger partial charge in [0.15, 0.2) is 20.7 Å². The Morgan fingerprint density at radius 1 is 1.28 bits per heavy atom. The molecule has 2 aromatic rings. The summed E-state index contributed by atoms with van der Waals surface area (Å²) in [5.74, 6) is -0.516. The van der Waals surface area contributed by atoms with Crippen LogP contribution in [0.1, 0.15) is 36.1 Å². The van der Waals surface area contributed by atoms with Crippen LogP contribution in [0.25, 0.3) is 0 Å². The van der Waals surface area contributed by atoms with Crippen LogP contribution >= 0.6 is 11.3 Å². The number of thiazole rings is 1. The van der Waals surface area contributed by atoms with Gasteiger partial charge in [-0.3, -0.25) is 10.1 Å². The van der Waals surface area contributed by atoms with Gasteiger partial charge in [-0.15, -0.1) is 11.3 Å². The van der Waals surface area contributed by atoms with Crippen LogP contribution < -0.4 is 5.32 Å². The Morgan fingerprint density at radius 3 is 2.66 bits per heavy atom. The number of carbonyl (C=O) groups excluding carboxylic acids is 1. The molecule has 3 atom stereocenters. The molecule has 2 heterocycles. The number of aromatic nitrogens is 1. The molecule has 1 aliphatic carbocycles. The Labute approximate surface area is 190 Å². The van der Waals surface area contributed by atoms with Gasteiger partial charge in [-0.25, -0.2) is 13.4 Å². The highest BCUT2D eigenvalue weighted by Crippen LogP contribution is 2.25. The zero-order valence-electron chi connectivity index (χ0n) is 17.6. The summed E-state index contributed by atoms with van der Waals surface area (Å²) >= 11 is 1.33. The second-order valence-electron chi connectivity index (χ2n) is 7.92. The molecule has 1 saturated heterocycles. The van der Waals surface area contributed by atoms with Gasteiger partial charge in [0, 0.05) is 29.7 Å². The van der Waals surface area contributed by atoms with Crippen LogP contribution in [0, 0.1) is 6.92 Å². The maximum absolute atomic E-state index is 12.9. The fourth-order valence-corrected chi connectivity index (χ4v) is 5.93. The van der Waals surface area contributed by atoms with Crippen LogP contribution in [0.5, 0.6) is 0 Å². The molecule has 1 aromatic heterocycles. The molecule has 172 valence electrons. The maximum Gasteiger partial charge on any atom is 0.280 e. The number of anilines is 1. The zero-order valence-corrected chi connectivity index (χ0v) is 19.2. The average molecular weight is 480 g/mol. The van der Waals surface area contributed by atoms with E-state index in [0.717, 1.165) is 4.88 Å². The summed E-state index contributed by atoms with van der Waals surface area (Å²) in [6, 6.07) is 6.03. The Kier molecular flexibility index (Phi) is 6.89. The summed E-state index contributed by atoms with van der Waals surface area (Å²) in [4.78, 5) is 23.7. The van der Waals surface area contributed by atoms with E-state index in [-0.39, 0.29) is 23.3 Å². The number of hydrogen-bond donors (Lipinski definition) is 2. The van der Waals surface area contributed by atoms with E-state index in [2.05, 4.69) is 15.5 Å². The molecule has 11 heteroatoms. The fourth-order valence-electron chi connectivity index (χ4n) is 3.69. The van der Waals surface area contributed by atoms with Crippen LogP contribution in [0.2, 0.25) is 0 Å². The highest BCUT2D eigenvalue weighted by Gasteiger charge is 2.31. The summed E-state index contributed by atoms with van der Waals surface area (Å²) in [7, 11) is -3.51. The second-order valence-corrected chi connectivity index (χ2v) is 11.4. The minimum absolute atomic E-state index is 0.00684. The number of rotatable bonds is 7. The first-order valence-corrected chi connectivity index (χ1v) is 12.8. The molecule has 9 nitrogen and oxygen atoms in total. The minimum Gasteiger partial charge on any atom is -0.393 e. The topological polar surface area (TPSA) is 127 Å². The van der Waals surface area contributed by atoms with E-state index in [1.165, 1.54) is 23.5 Å². The van der Waals surface area contributed by atoms with Crippen molar-refractivity contribution in [2.24, 2.45) is 5.16 Å². The van der Waals surface area contributed by atoms with E-state index in [4.69, 9.17) is 9.57 Å². The molecule has 2 aliphatic rings. The molecular formula is C21H25N3O6S2. The molecule has 0 spiro atoms. The third kappa shape index (κ3) is 5.17. The van der Waals surface area contributed by atoms with E-state index in [1.807, 2.05) is 6.92 Å². The zero-order chi connectivity index (χ0) is 22.7. The second kappa shape index (κ2) is 9.65. The van der Waals surface area contributed by atoms with Crippen molar-refractivity contribution >= 4 is 37.9 Å². The third-order valence-electron chi connectivity index (χ3n) is 5.49. The number of sulfone groups is 1. The standard InChI is InChI=1S/C21H25N3O6S2/c1-13-11-22-21(31-13)23-20(26)19(24-30-16-5-4-15(25)10-16)14-2-6-17(7-3-14)32(27,28)18-8-9-29-12-18/h2-3,6-7,11,15-16,18,25H,4-5,8-10,12H2,1H3,(H,22,23,26)/t15-,16-,18+/m1/s1. The first kappa shape index (κ1) is 22.8. The van der Waals surface area contributed by atoms with E-state index in [1.54, 1.807) is 18.3 Å². The number of benzene rings is 1. The first-order chi connectivity index (χ1) is 15.3. The molecule has 0 radical (unpaired) electrons. The third-order valence-corrected chi connectivity index (χ3v) is 8.50. The van der Waals surface area contributed by atoms with Gasteiger partial charge in [0.25, 0.3) is 5.91 Å². The van der Waals surface area contributed by atoms with Crippen LogP contribution in [0.4, 0.5) is 5.13 Å². The van der Waals surface area contributed by atoms with Gasteiger partial charge in [0.05, 0.1) is 22.9 Å². The predicted octanol–water partition coefficient (Wildman–Crippen LogP) is 2.29. The number of oxime groups is 1. The lowest BCUT2D eigenvalue weighted by Crippen LogP contribution is -2.25. The van der Waals surface area contributed by atoms with E-state index in [0.29, 0.717) is 43.0 Å². The smallest absolute Gasteiger partial charge is 0.280 e. The average Bonchev–Trinajstić information content (AvgIpc) is 3.52. The van der Waals surface area contributed by atoms with Crippen molar-refractivity contribution in [3.63, 3.8) is 0 Å². The van der Waals surface area contributed by atoms with Crippen molar-refractivity contribution in [2.45, 2.75) is 55.0 Å². The molecule has 1 aromatic carbocycles. The van der Waals surface area contributed by atoms with E-state index < -0.39 is 27.1 Å². The lowest BCUT2D eigenvalue weighted by molar-refractivity contribution is -0.110. The van der Waals surface area contributed by atoms with Crippen molar-refractivity contribution in [1.29, 1.82) is 0 Å². The summed E-state index contributed by atoms with van der Waals surface area (Å²) in [6.07, 6.45) is 3.12. The van der Waals surface area contributed by atoms with Gasteiger partial charge < -0.3 is 14.7 Å². The number of nitrogens with zero attached hydrogens (tertiary/aromatic N) is 2. The SMILES string of the molecule is Cc1cnc(NC(=O)C(=NO[C@@H]2CC[C@@H](O)C2)c2ccc(S(=O)(=O)[C@H]3CCOC3)cc2)s1. The van der Waals surface area contributed by atoms with E-state index >= 15 is 0 Å². The van der Waals surface area contributed by atoms with Gasteiger partial charge in [-0.05, 0) is 38.3 Å². The van der Waals surface area contributed by atoms with E-state index in [9.17, 15) is 18.3 Å². The summed E-state index contributed by atoms with van der Waals surface area (Å²) < 4.78 is 30.8. The van der Waals surface area contributed by atoms with Gasteiger partial charge >= 0.3 is 0 Å². The number of aryl methyl sites for hydroxylation is 1. The van der Waals surface area contributed by atoms with Crippen molar-refractivity contribution < 1.29 is 27.9 Å². The van der Waals surface area contributed by atoms with Crippen LogP contribution in [0.15, 0.2) is 40.5 Å². The molecular weight excluding hydrogens is 454 g/mol. The quantitative estimate of drug-likeness (QED) is 0.461. The van der Waals surface area contributed by atoms with Gasteiger partial charge in [0.2, 0.25) is 0 Å². The molecule has 1 aliphatic heterocycles. The lowest BCUT2D eigenvalue weighted by Gasteiger charge is -2.12. The molecule has 0 bridgehead atoms. The van der Waals surface area contributed by atoms with Crippen LogP contribution in [0.3, 0.4) is 0 Å². The summed E-state index contributed by atoms with van der Waals surface area (Å²) in [5, 5.41) is 16.4. The Hall–Kier alpha value is -2.34. The first-order valence-electron chi connectivity index (χ1n) is 10.4. The summed E-state index contributed by atoms with van der Waals surface area (Å²) in [6.45, 7) is 2.50. The largest absolute Gasteiger partial charge is 0.393 e. The van der Waals surface area contributed by atoms with Crippen molar-refractivity contribution in [3.05, 3.63) is 40.9 Å². The molecule has 1 amide bonds. The normalized spacial score (nSPS) is 23.9. The number of aliphatic hydroxyl groups is 1. The molecule has 1 saturated carbocycles. The van der Waals surface area contributed by atoms with Crippen molar-refractivity contribution in [1.82, 2.24) is 4.98 Å². The predicted molar refractivity (Wildman–Crippen MR) is 120 cm³/mol. The van der Waals surface area contributed by atoms with Gasteiger partial charge in [-0.2, -0.15) is 0 Å². The number of nitrogens with one attached hydrogen (secondary N) is 1. The van der Waals surface area contributed by atoms with Crippen LogP contribution in [-0.2, 0) is 24.2 Å². The van der Waals surface area contributed by atoms with Crippen molar-refractivity contribution in [3.8, 4) is 0 Å². The fraction of sp³-hybridized carbons (Fsp3) is 0.476. The van der Waals surface area contributed by atoms with Gasteiger partial charge in [0.1, 0.15) is 6.10 Å². The number of aliphatic hydroxyl groups excluding tert-OH is 1. The van der Waals surface area contributed by atoms with Crippen LogP contribution in [-0.4, -0.2) is 60.8 Å². The Bertz CT molecular complexity index is 1090. The summed E-state index contributed by atoms with van der Waals surface area (Å²) in [5.41, 5.74) is 0.420. The van der Waals surface area contributed by atoms with Gasteiger partial charge in [-0.1, -0.05) is 17.3 Å². The maximum atomic E-state index is 12.9. The lowest BCUT2D eigenvalue weighted by atomic mass is 10.1. The Morgan fingerprint density at radius 2 is 2.06 bits per heavy atom. The number of hydrogen-bond acceptors (Lipinski definition) is 9. The molecule has 0 unspecified atom stereocenters. The molecule has 4 rings (SSSR count). The monoisotopic (exact) mass is 479 g/mol. The number of carbonyl (C=O) groups is 1. The van der Waals surface area contributed by atoms with Crippen molar-refractivity contribution in [2.75, 3.05) is 18.5 Å². The highest BCUT2D eigenvalue weighted by molar-refractivity contribution is 7.92. The molecule has 32 heavy (non-hydrogen) atoms. The highest BCUT2D eigenvalue weighted by atomic mass is 32.2. The molecule has 2 N–H and O–H groups in total. The molecule has 2 fully saturated rings. The Balaban J connectivity index is 1.57. The number of amides is 1. The minimum atomic E-state index is -3.51.